The molecule has 0 radical (unpaired) electrons. The number of rotatable bonds is 4. The summed E-state index contributed by atoms with van der Waals surface area (Å²) in [5.41, 5.74) is 6.41. The number of hydrogen-bond acceptors (Lipinski definition) is 2. The largest absolute Gasteiger partial charge is 0.349 e. The maximum Gasteiger partial charge on any atom is 0.227 e. The summed E-state index contributed by atoms with van der Waals surface area (Å²) in [6.07, 6.45) is 3.96. The number of carbonyl (C=O) groups is 1. The summed E-state index contributed by atoms with van der Waals surface area (Å²) in [5.74, 6) is 0.0694. The molecule has 0 aliphatic heterocycles. The summed E-state index contributed by atoms with van der Waals surface area (Å²) in [6, 6.07) is 7.51. The molecule has 0 saturated heterocycles. The van der Waals surface area contributed by atoms with Crippen molar-refractivity contribution in [2.24, 2.45) is 11.1 Å². The SMILES string of the molecule is C[C@H](NC(=O)C1(CN)CCCC1)c1ccccc1Cl. The molecule has 1 saturated carbocycles. The lowest BCUT2D eigenvalue weighted by molar-refractivity contribution is -0.131. The molecule has 1 aromatic rings. The van der Waals surface area contributed by atoms with Crippen LogP contribution in [0.15, 0.2) is 24.3 Å². The van der Waals surface area contributed by atoms with Crippen LogP contribution < -0.4 is 11.1 Å². The van der Waals surface area contributed by atoms with Crippen molar-refractivity contribution in [2.75, 3.05) is 6.54 Å². The van der Waals surface area contributed by atoms with Crippen molar-refractivity contribution in [3.63, 3.8) is 0 Å². The molecule has 19 heavy (non-hydrogen) atoms. The van der Waals surface area contributed by atoms with Crippen LogP contribution in [0.3, 0.4) is 0 Å². The fraction of sp³-hybridized carbons (Fsp3) is 0.533. The first-order chi connectivity index (χ1) is 9.09. The van der Waals surface area contributed by atoms with E-state index in [1.165, 1.54) is 0 Å². The lowest BCUT2D eigenvalue weighted by atomic mass is 9.85. The molecule has 0 heterocycles. The highest BCUT2D eigenvalue weighted by Crippen LogP contribution is 2.38. The van der Waals surface area contributed by atoms with Crippen LogP contribution >= 0.6 is 11.6 Å². The Labute approximate surface area is 119 Å². The van der Waals surface area contributed by atoms with E-state index in [0.29, 0.717) is 11.6 Å². The Morgan fingerprint density at radius 2 is 2.05 bits per heavy atom. The van der Waals surface area contributed by atoms with E-state index in [1.807, 2.05) is 31.2 Å². The van der Waals surface area contributed by atoms with Gasteiger partial charge in [0.25, 0.3) is 0 Å². The van der Waals surface area contributed by atoms with E-state index in [0.717, 1.165) is 31.2 Å². The fourth-order valence-corrected chi connectivity index (χ4v) is 3.13. The van der Waals surface area contributed by atoms with Gasteiger partial charge in [-0.05, 0) is 31.4 Å². The third kappa shape index (κ3) is 2.93. The van der Waals surface area contributed by atoms with Crippen LogP contribution in [0.5, 0.6) is 0 Å². The number of carbonyl (C=O) groups excluding carboxylic acids is 1. The van der Waals surface area contributed by atoms with E-state index >= 15 is 0 Å². The van der Waals surface area contributed by atoms with Gasteiger partial charge >= 0.3 is 0 Å². The quantitative estimate of drug-likeness (QED) is 0.891. The van der Waals surface area contributed by atoms with Crippen molar-refractivity contribution in [1.29, 1.82) is 0 Å². The molecule has 1 fully saturated rings. The van der Waals surface area contributed by atoms with Gasteiger partial charge in [0.1, 0.15) is 0 Å². The lowest BCUT2D eigenvalue weighted by Gasteiger charge is -2.28. The summed E-state index contributed by atoms with van der Waals surface area (Å²) in [5, 5.41) is 3.75. The number of halogens is 1. The zero-order valence-corrected chi connectivity index (χ0v) is 12.0. The van der Waals surface area contributed by atoms with Crippen LogP contribution in [-0.2, 0) is 4.79 Å². The van der Waals surface area contributed by atoms with Gasteiger partial charge < -0.3 is 11.1 Å². The minimum atomic E-state index is -0.366. The van der Waals surface area contributed by atoms with Gasteiger partial charge in [-0.25, -0.2) is 0 Å². The summed E-state index contributed by atoms with van der Waals surface area (Å²) in [4.78, 5) is 12.5. The van der Waals surface area contributed by atoms with Crippen LogP contribution in [0.4, 0.5) is 0 Å². The predicted octanol–water partition coefficient (Wildman–Crippen LogP) is 3.04. The van der Waals surface area contributed by atoms with Gasteiger partial charge in [-0.15, -0.1) is 0 Å². The highest BCUT2D eigenvalue weighted by Gasteiger charge is 2.40. The van der Waals surface area contributed by atoms with Crippen LogP contribution in [0.25, 0.3) is 0 Å². The maximum atomic E-state index is 12.5. The second-order valence-electron chi connectivity index (χ2n) is 5.41. The average Bonchev–Trinajstić information content (AvgIpc) is 2.89. The Balaban J connectivity index is 2.08. The minimum absolute atomic E-state index is 0.0694. The first-order valence-corrected chi connectivity index (χ1v) is 7.22. The van der Waals surface area contributed by atoms with Crippen LogP contribution in [-0.4, -0.2) is 12.5 Å². The van der Waals surface area contributed by atoms with Crippen molar-refractivity contribution in [1.82, 2.24) is 5.32 Å². The first-order valence-electron chi connectivity index (χ1n) is 6.84. The van der Waals surface area contributed by atoms with Gasteiger partial charge in [0.2, 0.25) is 5.91 Å². The Bertz CT molecular complexity index is 455. The van der Waals surface area contributed by atoms with Crippen molar-refractivity contribution >= 4 is 17.5 Å². The normalized spacial score (nSPS) is 19.1. The Morgan fingerprint density at radius 3 is 2.63 bits per heavy atom. The molecule has 0 aromatic heterocycles. The fourth-order valence-electron chi connectivity index (χ4n) is 2.83. The van der Waals surface area contributed by atoms with E-state index < -0.39 is 0 Å². The first kappa shape index (κ1) is 14.4. The van der Waals surface area contributed by atoms with Crippen LogP contribution in [0, 0.1) is 5.41 Å². The van der Waals surface area contributed by atoms with E-state index in [9.17, 15) is 4.79 Å². The Morgan fingerprint density at radius 1 is 1.42 bits per heavy atom. The van der Waals surface area contributed by atoms with Crippen molar-refractivity contribution < 1.29 is 4.79 Å². The molecule has 3 nitrogen and oxygen atoms in total. The smallest absolute Gasteiger partial charge is 0.227 e. The van der Waals surface area contributed by atoms with Gasteiger partial charge in [0.05, 0.1) is 11.5 Å². The number of nitrogens with one attached hydrogen (secondary N) is 1. The second-order valence-corrected chi connectivity index (χ2v) is 5.82. The molecule has 104 valence electrons. The molecule has 1 aromatic carbocycles. The van der Waals surface area contributed by atoms with E-state index in [1.54, 1.807) is 0 Å². The predicted molar refractivity (Wildman–Crippen MR) is 78.0 cm³/mol. The van der Waals surface area contributed by atoms with Gasteiger partial charge in [-0.1, -0.05) is 42.6 Å². The molecular formula is C15H21ClN2O. The summed E-state index contributed by atoms with van der Waals surface area (Å²) in [6.45, 7) is 2.38. The van der Waals surface area contributed by atoms with Crippen LogP contribution in [0.1, 0.15) is 44.2 Å². The molecule has 1 aliphatic carbocycles. The van der Waals surface area contributed by atoms with Crippen molar-refractivity contribution in [2.45, 2.75) is 38.6 Å². The average molecular weight is 281 g/mol. The van der Waals surface area contributed by atoms with E-state index in [-0.39, 0.29) is 17.4 Å². The van der Waals surface area contributed by atoms with E-state index in [4.69, 9.17) is 17.3 Å². The molecule has 0 unspecified atom stereocenters. The number of hydrogen-bond donors (Lipinski definition) is 2. The van der Waals surface area contributed by atoms with Gasteiger partial charge in [0.15, 0.2) is 0 Å². The van der Waals surface area contributed by atoms with E-state index in [2.05, 4.69) is 5.32 Å². The molecule has 3 N–H and O–H groups in total. The Hall–Kier alpha value is -1.06. The second kappa shape index (κ2) is 5.93. The Kier molecular flexibility index (Phi) is 4.48. The van der Waals surface area contributed by atoms with Gasteiger partial charge in [0, 0.05) is 11.6 Å². The monoisotopic (exact) mass is 280 g/mol. The number of amides is 1. The number of nitrogens with two attached hydrogens (primary N) is 1. The zero-order valence-electron chi connectivity index (χ0n) is 11.3. The maximum absolute atomic E-state index is 12.5. The standard InChI is InChI=1S/C15H21ClN2O/c1-11(12-6-2-3-7-13(12)16)18-14(19)15(10-17)8-4-5-9-15/h2-3,6-7,11H,4-5,8-10,17H2,1H3,(H,18,19)/t11-/m0/s1. The highest BCUT2D eigenvalue weighted by molar-refractivity contribution is 6.31. The molecule has 4 heteroatoms. The molecular weight excluding hydrogens is 260 g/mol. The number of benzene rings is 1. The molecule has 0 bridgehead atoms. The minimum Gasteiger partial charge on any atom is -0.349 e. The summed E-state index contributed by atoms with van der Waals surface area (Å²) < 4.78 is 0. The molecule has 1 amide bonds. The van der Waals surface area contributed by atoms with Gasteiger partial charge in [-0.3, -0.25) is 4.79 Å². The lowest BCUT2D eigenvalue weighted by Crippen LogP contribution is -2.45. The van der Waals surface area contributed by atoms with Crippen LogP contribution in [0.2, 0.25) is 5.02 Å². The molecule has 0 spiro atoms. The topological polar surface area (TPSA) is 55.1 Å². The molecule has 2 rings (SSSR count). The van der Waals surface area contributed by atoms with Crippen molar-refractivity contribution in [3.05, 3.63) is 34.9 Å². The third-order valence-electron chi connectivity index (χ3n) is 4.15. The summed E-state index contributed by atoms with van der Waals surface area (Å²) in [7, 11) is 0. The van der Waals surface area contributed by atoms with Crippen molar-refractivity contribution in [3.8, 4) is 0 Å². The van der Waals surface area contributed by atoms with Gasteiger partial charge in [-0.2, -0.15) is 0 Å². The zero-order chi connectivity index (χ0) is 13.9. The molecule has 1 aliphatic rings. The highest BCUT2D eigenvalue weighted by atomic mass is 35.5. The summed E-state index contributed by atoms with van der Waals surface area (Å²) >= 11 is 6.15. The molecule has 1 atom stereocenters. The third-order valence-corrected chi connectivity index (χ3v) is 4.50.